The molecule has 4 nitrogen and oxygen atoms in total. The first-order valence-electron chi connectivity index (χ1n) is 6.53. The molecule has 0 aliphatic rings. The van der Waals surface area contributed by atoms with E-state index in [9.17, 15) is 0 Å². The third-order valence-electron chi connectivity index (χ3n) is 2.80. The van der Waals surface area contributed by atoms with Crippen molar-refractivity contribution in [2.75, 3.05) is 11.1 Å². The molecule has 0 bridgehead atoms. The largest absolute Gasteiger partial charge is 0.489 e. The molecule has 21 heavy (non-hydrogen) atoms. The molecule has 2 aromatic carbocycles. The molecule has 0 aliphatic heterocycles. The van der Waals surface area contributed by atoms with Crippen molar-refractivity contribution in [1.82, 2.24) is 0 Å². The number of nitrogens with two attached hydrogens (primary N) is 1. The zero-order chi connectivity index (χ0) is 15.4. The van der Waals surface area contributed by atoms with Crippen molar-refractivity contribution in [1.29, 1.82) is 5.26 Å². The highest BCUT2D eigenvalue weighted by atomic mass is 79.9. The summed E-state index contributed by atoms with van der Waals surface area (Å²) in [6.07, 6.45) is 0.0445. The number of ether oxygens (including phenoxy) is 1. The highest BCUT2D eigenvalue weighted by molar-refractivity contribution is 9.10. The first kappa shape index (κ1) is 15.2. The molecule has 5 heteroatoms. The van der Waals surface area contributed by atoms with Crippen LogP contribution >= 0.6 is 15.9 Å². The molecule has 0 aliphatic carbocycles. The number of rotatable bonds is 4. The standard InChI is InChI=1S/C16H16BrN3O/c1-10(2)21-15-5-3-4-13(16(15)19)20-14-8-12(17)7-6-11(14)9-18/h3-8,10,20H,19H2,1-2H3. The minimum Gasteiger partial charge on any atom is -0.489 e. The second-order valence-electron chi connectivity index (χ2n) is 4.81. The molecule has 2 rings (SSSR count). The summed E-state index contributed by atoms with van der Waals surface area (Å²) < 4.78 is 6.55. The fourth-order valence-electron chi connectivity index (χ4n) is 1.87. The van der Waals surface area contributed by atoms with Crippen LogP contribution in [0.2, 0.25) is 0 Å². The molecule has 0 aromatic heterocycles. The topological polar surface area (TPSA) is 71.1 Å². The highest BCUT2D eigenvalue weighted by Crippen LogP contribution is 2.33. The van der Waals surface area contributed by atoms with Gasteiger partial charge in [-0.15, -0.1) is 0 Å². The van der Waals surface area contributed by atoms with Gasteiger partial charge in [-0.1, -0.05) is 22.0 Å². The Labute approximate surface area is 132 Å². The maximum absolute atomic E-state index is 9.17. The number of hydrogen-bond donors (Lipinski definition) is 2. The summed E-state index contributed by atoms with van der Waals surface area (Å²) in [7, 11) is 0. The van der Waals surface area contributed by atoms with E-state index in [0.29, 0.717) is 28.4 Å². The van der Waals surface area contributed by atoms with E-state index < -0.39 is 0 Å². The lowest BCUT2D eigenvalue weighted by Gasteiger charge is -2.16. The van der Waals surface area contributed by atoms with Crippen LogP contribution in [0.25, 0.3) is 0 Å². The summed E-state index contributed by atoms with van der Waals surface area (Å²) in [5.74, 6) is 0.628. The van der Waals surface area contributed by atoms with Gasteiger partial charge in [-0.25, -0.2) is 0 Å². The first-order valence-corrected chi connectivity index (χ1v) is 7.32. The second-order valence-corrected chi connectivity index (χ2v) is 5.73. The van der Waals surface area contributed by atoms with Crippen LogP contribution in [0.3, 0.4) is 0 Å². The lowest BCUT2D eigenvalue weighted by Crippen LogP contribution is -2.08. The van der Waals surface area contributed by atoms with Crippen molar-refractivity contribution in [3.05, 3.63) is 46.4 Å². The van der Waals surface area contributed by atoms with Crippen molar-refractivity contribution < 1.29 is 4.74 Å². The van der Waals surface area contributed by atoms with Crippen LogP contribution in [-0.4, -0.2) is 6.10 Å². The molecular formula is C16H16BrN3O. The normalized spacial score (nSPS) is 10.2. The average molecular weight is 346 g/mol. The minimum absolute atomic E-state index is 0.0445. The third kappa shape index (κ3) is 3.67. The van der Waals surface area contributed by atoms with Crippen LogP contribution in [0.1, 0.15) is 19.4 Å². The number of halogens is 1. The molecule has 0 atom stereocenters. The lowest BCUT2D eigenvalue weighted by molar-refractivity contribution is 0.244. The van der Waals surface area contributed by atoms with Gasteiger partial charge in [-0.3, -0.25) is 0 Å². The van der Waals surface area contributed by atoms with Crippen LogP contribution < -0.4 is 15.8 Å². The van der Waals surface area contributed by atoms with Gasteiger partial charge in [0, 0.05) is 4.47 Å². The second kappa shape index (κ2) is 6.51. The molecular weight excluding hydrogens is 330 g/mol. The van der Waals surface area contributed by atoms with Gasteiger partial charge in [0.05, 0.1) is 28.7 Å². The minimum atomic E-state index is 0.0445. The van der Waals surface area contributed by atoms with Crippen LogP contribution in [0.5, 0.6) is 5.75 Å². The number of nitrogens with zero attached hydrogens (tertiary/aromatic N) is 1. The van der Waals surface area contributed by atoms with E-state index in [1.54, 1.807) is 6.07 Å². The van der Waals surface area contributed by atoms with Gasteiger partial charge >= 0.3 is 0 Å². The molecule has 2 aromatic rings. The van der Waals surface area contributed by atoms with Crippen molar-refractivity contribution >= 4 is 33.0 Å². The van der Waals surface area contributed by atoms with Gasteiger partial charge in [0.1, 0.15) is 11.8 Å². The Bertz CT molecular complexity index is 692. The number of hydrogen-bond acceptors (Lipinski definition) is 4. The van der Waals surface area contributed by atoms with Crippen molar-refractivity contribution in [2.24, 2.45) is 0 Å². The zero-order valence-electron chi connectivity index (χ0n) is 11.9. The van der Waals surface area contributed by atoms with E-state index in [0.717, 1.165) is 4.47 Å². The summed E-state index contributed by atoms with van der Waals surface area (Å²) >= 11 is 3.40. The molecule has 0 amide bonds. The maximum Gasteiger partial charge on any atom is 0.144 e. The number of nitrogen functional groups attached to an aromatic ring is 1. The van der Waals surface area contributed by atoms with Crippen molar-refractivity contribution in [3.8, 4) is 11.8 Å². The van der Waals surface area contributed by atoms with E-state index in [4.69, 9.17) is 15.7 Å². The average Bonchev–Trinajstić information content (AvgIpc) is 2.43. The van der Waals surface area contributed by atoms with Crippen LogP contribution in [0.15, 0.2) is 40.9 Å². The Morgan fingerprint density at radius 2 is 2.00 bits per heavy atom. The van der Waals surface area contributed by atoms with Crippen molar-refractivity contribution in [3.63, 3.8) is 0 Å². The van der Waals surface area contributed by atoms with Crippen molar-refractivity contribution in [2.45, 2.75) is 20.0 Å². The Morgan fingerprint density at radius 3 is 2.67 bits per heavy atom. The van der Waals surface area contributed by atoms with Crippen LogP contribution in [0, 0.1) is 11.3 Å². The third-order valence-corrected chi connectivity index (χ3v) is 3.29. The van der Waals surface area contributed by atoms with E-state index in [2.05, 4.69) is 27.3 Å². The molecule has 0 spiro atoms. The highest BCUT2D eigenvalue weighted by Gasteiger charge is 2.10. The van der Waals surface area contributed by atoms with Gasteiger partial charge in [-0.05, 0) is 44.2 Å². The zero-order valence-corrected chi connectivity index (χ0v) is 13.4. The molecule has 3 N–H and O–H groups in total. The molecule has 0 unspecified atom stereocenters. The van der Waals surface area contributed by atoms with Crippen LogP contribution in [-0.2, 0) is 0 Å². The number of anilines is 3. The van der Waals surface area contributed by atoms with Crippen LogP contribution in [0.4, 0.5) is 17.1 Å². The smallest absolute Gasteiger partial charge is 0.144 e. The summed E-state index contributed by atoms with van der Waals surface area (Å²) in [5, 5.41) is 12.4. The quantitative estimate of drug-likeness (QED) is 0.803. The summed E-state index contributed by atoms with van der Waals surface area (Å²) in [6.45, 7) is 3.89. The lowest BCUT2D eigenvalue weighted by atomic mass is 10.1. The number of nitriles is 1. The van der Waals surface area contributed by atoms with Gasteiger partial charge in [0.25, 0.3) is 0 Å². The van der Waals surface area contributed by atoms with Gasteiger partial charge in [0.2, 0.25) is 0 Å². The summed E-state index contributed by atoms with van der Waals surface area (Å²) in [4.78, 5) is 0. The Kier molecular flexibility index (Phi) is 4.71. The van der Waals surface area contributed by atoms with E-state index in [1.165, 1.54) is 0 Å². The predicted molar refractivity (Wildman–Crippen MR) is 88.8 cm³/mol. The Balaban J connectivity index is 2.37. The molecule has 0 heterocycles. The molecule has 0 saturated carbocycles. The number of para-hydroxylation sites is 1. The monoisotopic (exact) mass is 345 g/mol. The van der Waals surface area contributed by atoms with Gasteiger partial charge < -0.3 is 15.8 Å². The Hall–Kier alpha value is -2.19. The molecule has 0 radical (unpaired) electrons. The number of nitrogens with one attached hydrogen (secondary N) is 1. The summed E-state index contributed by atoms with van der Waals surface area (Å²) in [5.41, 5.74) is 8.60. The SMILES string of the molecule is CC(C)Oc1cccc(Nc2cc(Br)ccc2C#N)c1N. The maximum atomic E-state index is 9.17. The molecule has 0 saturated heterocycles. The fourth-order valence-corrected chi connectivity index (χ4v) is 2.23. The first-order chi connectivity index (χ1) is 10.0. The fraction of sp³-hybridized carbons (Fsp3) is 0.188. The number of benzene rings is 2. The van der Waals surface area contributed by atoms with Gasteiger partial charge in [-0.2, -0.15) is 5.26 Å². The van der Waals surface area contributed by atoms with Gasteiger partial charge in [0.15, 0.2) is 0 Å². The molecule has 108 valence electrons. The van der Waals surface area contributed by atoms with E-state index in [1.807, 2.05) is 44.2 Å². The molecule has 0 fully saturated rings. The van der Waals surface area contributed by atoms with E-state index in [-0.39, 0.29) is 6.10 Å². The predicted octanol–water partition coefficient (Wildman–Crippen LogP) is 4.43. The summed E-state index contributed by atoms with van der Waals surface area (Å²) in [6, 6.07) is 13.1. The van der Waals surface area contributed by atoms with E-state index >= 15 is 0 Å². The Morgan fingerprint density at radius 1 is 1.24 bits per heavy atom.